The second-order valence-electron chi connectivity index (χ2n) is 7.64. The van der Waals surface area contributed by atoms with Crippen molar-refractivity contribution in [1.82, 2.24) is 15.1 Å². The largest absolute Gasteiger partial charge is 0.497 e. The van der Waals surface area contributed by atoms with Gasteiger partial charge in [0.1, 0.15) is 11.5 Å². The molecule has 1 aliphatic heterocycles. The fraction of sp³-hybridized carbons (Fsp3) is 0.458. The van der Waals surface area contributed by atoms with Crippen LogP contribution in [0, 0.1) is 0 Å². The molecule has 1 N–H and O–H groups in total. The summed E-state index contributed by atoms with van der Waals surface area (Å²) in [4.78, 5) is 8.97. The number of rotatable bonds is 8. The molecule has 2 aromatic rings. The lowest BCUT2D eigenvalue weighted by Gasteiger charge is -2.26. The molecule has 3 rings (SSSR count). The summed E-state index contributed by atoms with van der Waals surface area (Å²) in [6.45, 7) is 5.98. The van der Waals surface area contributed by atoms with Gasteiger partial charge in [0.25, 0.3) is 0 Å². The van der Waals surface area contributed by atoms with Crippen LogP contribution in [-0.2, 0) is 24.4 Å². The van der Waals surface area contributed by atoms with Crippen LogP contribution in [-0.4, -0.2) is 70.4 Å². The molecule has 1 fully saturated rings. The fourth-order valence-corrected chi connectivity index (χ4v) is 3.73. The first-order valence-corrected chi connectivity index (χ1v) is 10.6. The molecular weight excluding hydrogens is 519 g/mol. The van der Waals surface area contributed by atoms with Crippen molar-refractivity contribution in [3.8, 4) is 11.5 Å². The Morgan fingerprint density at radius 3 is 2.53 bits per heavy atom. The van der Waals surface area contributed by atoms with Gasteiger partial charge in [-0.25, -0.2) is 0 Å². The predicted molar refractivity (Wildman–Crippen MR) is 139 cm³/mol. The molecule has 0 bridgehead atoms. The fourth-order valence-electron chi connectivity index (χ4n) is 3.73. The third-order valence-corrected chi connectivity index (χ3v) is 5.43. The Hall–Kier alpha value is -2.04. The number of morpholine rings is 1. The van der Waals surface area contributed by atoms with Crippen LogP contribution in [0.15, 0.2) is 47.5 Å². The normalized spacial score (nSPS) is 14.4. The summed E-state index contributed by atoms with van der Waals surface area (Å²) in [5.74, 6) is 2.41. The van der Waals surface area contributed by atoms with Gasteiger partial charge in [-0.3, -0.25) is 9.89 Å². The molecule has 0 saturated carbocycles. The van der Waals surface area contributed by atoms with Crippen molar-refractivity contribution in [3.63, 3.8) is 0 Å². The number of nitrogens with zero attached hydrogens (tertiary/aromatic N) is 3. The first-order valence-electron chi connectivity index (χ1n) is 10.6. The van der Waals surface area contributed by atoms with Crippen molar-refractivity contribution in [2.45, 2.75) is 19.6 Å². The van der Waals surface area contributed by atoms with Gasteiger partial charge in [-0.1, -0.05) is 24.3 Å². The van der Waals surface area contributed by atoms with E-state index in [0.29, 0.717) is 13.1 Å². The number of halogens is 1. The van der Waals surface area contributed by atoms with Crippen molar-refractivity contribution in [3.05, 3.63) is 59.2 Å². The number of benzene rings is 2. The van der Waals surface area contributed by atoms with Crippen LogP contribution in [0.3, 0.4) is 0 Å². The molecule has 1 aliphatic rings. The molecule has 0 radical (unpaired) electrons. The van der Waals surface area contributed by atoms with Gasteiger partial charge in [0.05, 0.1) is 27.4 Å². The zero-order valence-electron chi connectivity index (χ0n) is 19.5. The van der Waals surface area contributed by atoms with Gasteiger partial charge in [0.2, 0.25) is 0 Å². The summed E-state index contributed by atoms with van der Waals surface area (Å²) in [5, 5.41) is 3.47. The van der Waals surface area contributed by atoms with Gasteiger partial charge in [0, 0.05) is 58.4 Å². The molecule has 176 valence electrons. The maximum atomic E-state index is 5.53. The third kappa shape index (κ3) is 7.53. The highest BCUT2D eigenvalue weighted by atomic mass is 127. The summed E-state index contributed by atoms with van der Waals surface area (Å²) >= 11 is 0. The number of methoxy groups -OCH3 is 2. The Bertz CT molecular complexity index is 872. The standard InChI is InChI=1S/C24H34N4O3.HI/c1-25-24(27(2)18-21-8-9-22(29-3)15-23(21)30-4)26-16-19-6-5-7-20(14-19)17-28-10-12-31-13-11-28;/h5-9,14-15H,10-13,16-18H2,1-4H3,(H,25,26);1H. The topological polar surface area (TPSA) is 58.6 Å². The highest BCUT2D eigenvalue weighted by Crippen LogP contribution is 2.25. The molecule has 0 aromatic heterocycles. The molecule has 0 aliphatic carbocycles. The second-order valence-corrected chi connectivity index (χ2v) is 7.64. The van der Waals surface area contributed by atoms with Crippen LogP contribution < -0.4 is 14.8 Å². The molecule has 0 unspecified atom stereocenters. The van der Waals surface area contributed by atoms with Crippen LogP contribution >= 0.6 is 24.0 Å². The molecule has 1 saturated heterocycles. The van der Waals surface area contributed by atoms with E-state index in [-0.39, 0.29) is 24.0 Å². The summed E-state index contributed by atoms with van der Waals surface area (Å²) in [5.41, 5.74) is 3.64. The van der Waals surface area contributed by atoms with E-state index >= 15 is 0 Å². The van der Waals surface area contributed by atoms with E-state index in [9.17, 15) is 0 Å². The van der Waals surface area contributed by atoms with Crippen LogP contribution in [0.25, 0.3) is 0 Å². The monoisotopic (exact) mass is 554 g/mol. The lowest BCUT2D eigenvalue weighted by molar-refractivity contribution is 0.0342. The third-order valence-electron chi connectivity index (χ3n) is 5.43. The Labute approximate surface area is 208 Å². The SMILES string of the molecule is CN=C(NCc1cccc(CN2CCOCC2)c1)N(C)Cc1ccc(OC)cc1OC.I. The van der Waals surface area contributed by atoms with Crippen molar-refractivity contribution >= 4 is 29.9 Å². The zero-order chi connectivity index (χ0) is 22.1. The summed E-state index contributed by atoms with van der Waals surface area (Å²) in [7, 11) is 7.16. The van der Waals surface area contributed by atoms with Crippen molar-refractivity contribution in [1.29, 1.82) is 0 Å². The minimum Gasteiger partial charge on any atom is -0.497 e. The van der Waals surface area contributed by atoms with Gasteiger partial charge < -0.3 is 24.4 Å². The smallest absolute Gasteiger partial charge is 0.193 e. The van der Waals surface area contributed by atoms with E-state index in [0.717, 1.165) is 55.9 Å². The number of guanidine groups is 1. The average molecular weight is 554 g/mol. The summed E-state index contributed by atoms with van der Waals surface area (Å²) in [6.07, 6.45) is 0. The van der Waals surface area contributed by atoms with Gasteiger partial charge in [-0.2, -0.15) is 0 Å². The van der Waals surface area contributed by atoms with Gasteiger partial charge >= 0.3 is 0 Å². The van der Waals surface area contributed by atoms with E-state index in [2.05, 4.69) is 44.4 Å². The maximum absolute atomic E-state index is 5.53. The Balaban J connectivity index is 0.00000363. The molecule has 32 heavy (non-hydrogen) atoms. The maximum Gasteiger partial charge on any atom is 0.193 e. The molecule has 1 heterocycles. The van der Waals surface area contributed by atoms with Gasteiger partial charge in [-0.15, -0.1) is 24.0 Å². The molecule has 0 amide bonds. The predicted octanol–water partition coefficient (Wildman–Crippen LogP) is 3.36. The zero-order valence-corrected chi connectivity index (χ0v) is 21.8. The van der Waals surface area contributed by atoms with Gasteiger partial charge in [0.15, 0.2) is 5.96 Å². The Morgan fingerprint density at radius 2 is 1.84 bits per heavy atom. The van der Waals surface area contributed by atoms with Crippen LogP contribution in [0.1, 0.15) is 16.7 Å². The van der Waals surface area contributed by atoms with E-state index < -0.39 is 0 Å². The Morgan fingerprint density at radius 1 is 1.09 bits per heavy atom. The Kier molecular flexibility index (Phi) is 11.1. The minimum atomic E-state index is 0. The molecule has 8 heteroatoms. The van der Waals surface area contributed by atoms with Gasteiger partial charge in [-0.05, 0) is 23.3 Å². The first-order chi connectivity index (χ1) is 15.1. The lowest BCUT2D eigenvalue weighted by Crippen LogP contribution is -2.38. The van der Waals surface area contributed by atoms with Crippen molar-refractivity contribution in [2.75, 3.05) is 54.6 Å². The number of hydrogen-bond donors (Lipinski definition) is 1. The summed E-state index contributed by atoms with van der Waals surface area (Å²) in [6, 6.07) is 14.6. The molecular formula is C24H35IN4O3. The number of aliphatic imine (C=N–C) groups is 1. The molecule has 0 atom stereocenters. The van der Waals surface area contributed by atoms with E-state index in [1.807, 2.05) is 25.2 Å². The minimum absolute atomic E-state index is 0. The van der Waals surface area contributed by atoms with E-state index in [1.165, 1.54) is 11.1 Å². The van der Waals surface area contributed by atoms with Crippen LogP contribution in [0.2, 0.25) is 0 Å². The van der Waals surface area contributed by atoms with Crippen molar-refractivity contribution < 1.29 is 14.2 Å². The van der Waals surface area contributed by atoms with E-state index in [4.69, 9.17) is 14.2 Å². The van der Waals surface area contributed by atoms with Crippen molar-refractivity contribution in [2.24, 2.45) is 4.99 Å². The van der Waals surface area contributed by atoms with E-state index in [1.54, 1.807) is 21.3 Å². The highest BCUT2D eigenvalue weighted by molar-refractivity contribution is 14.0. The quantitative estimate of drug-likeness (QED) is 0.307. The summed E-state index contributed by atoms with van der Waals surface area (Å²) < 4.78 is 16.3. The number of hydrogen-bond acceptors (Lipinski definition) is 5. The lowest BCUT2D eigenvalue weighted by atomic mass is 10.1. The molecule has 7 nitrogen and oxygen atoms in total. The highest BCUT2D eigenvalue weighted by Gasteiger charge is 2.13. The average Bonchev–Trinajstić information content (AvgIpc) is 2.80. The molecule has 0 spiro atoms. The first kappa shape index (κ1) is 26.2. The second kappa shape index (κ2) is 13.5. The number of nitrogens with one attached hydrogen (secondary N) is 1. The van der Waals surface area contributed by atoms with Crippen LogP contribution in [0.4, 0.5) is 0 Å². The van der Waals surface area contributed by atoms with Crippen LogP contribution in [0.5, 0.6) is 11.5 Å². The number of ether oxygens (including phenoxy) is 3. The molecule has 2 aromatic carbocycles.